The maximum atomic E-state index is 12.9. The number of halogens is 1. The zero-order valence-corrected chi connectivity index (χ0v) is 13.6. The Balaban J connectivity index is 1.57. The van der Waals surface area contributed by atoms with Crippen LogP contribution in [0.25, 0.3) is 0 Å². The molecule has 0 radical (unpaired) electrons. The van der Waals surface area contributed by atoms with E-state index in [1.165, 1.54) is 32.1 Å². The summed E-state index contributed by atoms with van der Waals surface area (Å²) in [5.74, 6) is -0.209. The summed E-state index contributed by atoms with van der Waals surface area (Å²) in [6.07, 6.45) is 7.23. The Morgan fingerprint density at radius 3 is 2.73 bits per heavy atom. The number of fused-ring (bicyclic) bond motifs is 2. The van der Waals surface area contributed by atoms with Gasteiger partial charge < -0.3 is 18.9 Å². The molecule has 3 aliphatic rings. The number of hydrogen-bond acceptors (Lipinski definition) is 4. The lowest BCUT2D eigenvalue weighted by atomic mass is 9.90. The minimum atomic E-state index is -0.889. The molecule has 0 spiro atoms. The topological polar surface area (TPSA) is 36.9 Å². The monoisotopic (exact) mass is 316 g/mol. The van der Waals surface area contributed by atoms with Crippen molar-refractivity contribution in [2.75, 3.05) is 26.5 Å². The van der Waals surface area contributed by atoms with Gasteiger partial charge in [-0.1, -0.05) is 19.3 Å². The molecule has 0 aromatic carbocycles. The predicted octanol–water partition coefficient (Wildman–Crippen LogP) is 3.23. The van der Waals surface area contributed by atoms with Gasteiger partial charge in [0.15, 0.2) is 5.79 Å². The summed E-state index contributed by atoms with van der Waals surface area (Å²) < 4.78 is 36.7. The van der Waals surface area contributed by atoms with Gasteiger partial charge in [0, 0.05) is 26.1 Å². The van der Waals surface area contributed by atoms with Crippen molar-refractivity contribution in [2.45, 2.75) is 76.0 Å². The molecule has 1 saturated carbocycles. The molecule has 3 rings (SSSR count). The lowest BCUT2D eigenvalue weighted by molar-refractivity contribution is -0.281. The third kappa shape index (κ3) is 3.48. The Hall–Kier alpha value is -0.230. The molecule has 2 saturated heterocycles. The Kier molecular flexibility index (Phi) is 5.71. The van der Waals surface area contributed by atoms with Crippen LogP contribution in [0.4, 0.5) is 4.39 Å². The number of alkyl halides is 1. The highest BCUT2D eigenvalue weighted by atomic mass is 19.1. The number of hydrogen-bond donors (Lipinski definition) is 0. The van der Waals surface area contributed by atoms with Crippen LogP contribution in [0.3, 0.4) is 0 Å². The SMILES string of the molecule is CCO[C@@H]1C[C@H](OCC2CCCCC2)[C@H]2COC1(CCF)O2. The molecule has 0 aromatic heterocycles. The molecule has 4 nitrogen and oxygen atoms in total. The molecule has 2 heterocycles. The zero-order valence-electron chi connectivity index (χ0n) is 13.6. The van der Waals surface area contributed by atoms with E-state index < -0.39 is 12.5 Å². The lowest BCUT2D eigenvalue weighted by Crippen LogP contribution is -2.53. The van der Waals surface area contributed by atoms with Crippen LogP contribution in [-0.4, -0.2) is 50.6 Å². The van der Waals surface area contributed by atoms with Crippen LogP contribution in [0.15, 0.2) is 0 Å². The van der Waals surface area contributed by atoms with E-state index in [0.717, 1.165) is 13.0 Å². The smallest absolute Gasteiger partial charge is 0.197 e. The first-order valence-electron chi connectivity index (χ1n) is 8.88. The van der Waals surface area contributed by atoms with Crippen molar-refractivity contribution in [2.24, 2.45) is 5.92 Å². The predicted molar refractivity (Wildman–Crippen MR) is 80.5 cm³/mol. The minimum Gasteiger partial charge on any atom is -0.375 e. The highest BCUT2D eigenvalue weighted by molar-refractivity contribution is 4.97. The quantitative estimate of drug-likeness (QED) is 0.722. The summed E-state index contributed by atoms with van der Waals surface area (Å²) >= 11 is 0. The molecule has 5 heteroatoms. The average Bonchev–Trinajstić information content (AvgIpc) is 2.91. The standard InChI is InChI=1S/C17H29FO4/c1-2-19-16-10-14(20-11-13-6-4-3-5-7-13)15-12-21-17(16,22-15)8-9-18/h13-16H,2-12H2,1H3/t14-,15+,16+,17?/m0/s1. The van der Waals surface area contributed by atoms with Crippen molar-refractivity contribution >= 4 is 0 Å². The van der Waals surface area contributed by atoms with E-state index in [1.807, 2.05) is 6.92 Å². The summed E-state index contributed by atoms with van der Waals surface area (Å²) in [5.41, 5.74) is 0. The van der Waals surface area contributed by atoms with Gasteiger partial charge in [0.1, 0.15) is 12.2 Å². The second-order valence-electron chi connectivity index (χ2n) is 6.77. The second-order valence-corrected chi connectivity index (χ2v) is 6.77. The fourth-order valence-electron chi connectivity index (χ4n) is 4.05. The van der Waals surface area contributed by atoms with Crippen LogP contribution in [0.1, 0.15) is 51.9 Å². The Labute approximate surface area is 132 Å². The third-order valence-electron chi connectivity index (χ3n) is 5.28. The second kappa shape index (κ2) is 7.56. The van der Waals surface area contributed by atoms with E-state index >= 15 is 0 Å². The number of rotatable bonds is 7. The first kappa shape index (κ1) is 16.6. The average molecular weight is 316 g/mol. The van der Waals surface area contributed by atoms with E-state index in [-0.39, 0.29) is 24.7 Å². The van der Waals surface area contributed by atoms with Crippen LogP contribution < -0.4 is 0 Å². The van der Waals surface area contributed by atoms with Crippen molar-refractivity contribution in [1.29, 1.82) is 0 Å². The molecule has 0 N–H and O–H groups in total. The van der Waals surface area contributed by atoms with Crippen molar-refractivity contribution in [3.05, 3.63) is 0 Å². The van der Waals surface area contributed by atoms with E-state index in [4.69, 9.17) is 18.9 Å². The van der Waals surface area contributed by atoms with E-state index in [0.29, 0.717) is 19.1 Å². The van der Waals surface area contributed by atoms with Crippen molar-refractivity contribution in [3.63, 3.8) is 0 Å². The molecule has 4 atom stereocenters. The molecular formula is C17H29FO4. The van der Waals surface area contributed by atoms with Gasteiger partial charge in [-0.2, -0.15) is 0 Å². The molecule has 1 aliphatic carbocycles. The molecule has 1 unspecified atom stereocenters. The van der Waals surface area contributed by atoms with Crippen LogP contribution in [0.2, 0.25) is 0 Å². The maximum absolute atomic E-state index is 12.9. The van der Waals surface area contributed by atoms with Crippen LogP contribution >= 0.6 is 0 Å². The molecule has 3 fully saturated rings. The van der Waals surface area contributed by atoms with Crippen molar-refractivity contribution in [1.82, 2.24) is 0 Å². The van der Waals surface area contributed by atoms with E-state index in [1.54, 1.807) is 0 Å². The van der Waals surface area contributed by atoms with Gasteiger partial charge in [0.05, 0.1) is 19.4 Å². The summed E-state index contributed by atoms with van der Waals surface area (Å²) in [6.45, 7) is 3.36. The molecule has 22 heavy (non-hydrogen) atoms. The fraction of sp³-hybridized carbons (Fsp3) is 1.00. The maximum Gasteiger partial charge on any atom is 0.197 e. The molecule has 128 valence electrons. The lowest BCUT2D eigenvalue weighted by Gasteiger charge is -2.41. The molecule has 2 bridgehead atoms. The molecule has 0 aromatic rings. The Morgan fingerprint density at radius 2 is 2.00 bits per heavy atom. The normalized spacial score (nSPS) is 39.3. The van der Waals surface area contributed by atoms with E-state index in [2.05, 4.69) is 0 Å². The van der Waals surface area contributed by atoms with Crippen molar-refractivity contribution in [3.8, 4) is 0 Å². The van der Waals surface area contributed by atoms with Gasteiger partial charge in [-0.05, 0) is 25.7 Å². The summed E-state index contributed by atoms with van der Waals surface area (Å²) in [5, 5.41) is 0. The molecule has 2 aliphatic heterocycles. The highest BCUT2D eigenvalue weighted by Gasteiger charge is 2.56. The number of ether oxygens (including phenoxy) is 4. The molecule has 0 amide bonds. The van der Waals surface area contributed by atoms with Gasteiger partial charge in [-0.3, -0.25) is 4.39 Å². The van der Waals surface area contributed by atoms with E-state index in [9.17, 15) is 4.39 Å². The van der Waals surface area contributed by atoms with Gasteiger partial charge >= 0.3 is 0 Å². The third-order valence-corrected chi connectivity index (χ3v) is 5.28. The zero-order chi connectivity index (χ0) is 15.4. The Bertz CT molecular complexity index is 348. The first-order chi connectivity index (χ1) is 10.8. The van der Waals surface area contributed by atoms with Crippen LogP contribution in [0.5, 0.6) is 0 Å². The van der Waals surface area contributed by atoms with Gasteiger partial charge in [-0.25, -0.2) is 0 Å². The summed E-state index contributed by atoms with van der Waals surface area (Å²) in [7, 11) is 0. The van der Waals surface area contributed by atoms with Crippen molar-refractivity contribution < 1.29 is 23.3 Å². The summed E-state index contributed by atoms with van der Waals surface area (Å²) in [4.78, 5) is 0. The summed E-state index contributed by atoms with van der Waals surface area (Å²) in [6, 6.07) is 0. The Morgan fingerprint density at radius 1 is 1.18 bits per heavy atom. The first-order valence-corrected chi connectivity index (χ1v) is 8.88. The van der Waals surface area contributed by atoms with Crippen LogP contribution in [-0.2, 0) is 18.9 Å². The van der Waals surface area contributed by atoms with Gasteiger partial charge in [0.2, 0.25) is 0 Å². The largest absolute Gasteiger partial charge is 0.375 e. The fourth-order valence-corrected chi connectivity index (χ4v) is 4.05. The highest BCUT2D eigenvalue weighted by Crippen LogP contribution is 2.42. The molecular weight excluding hydrogens is 287 g/mol. The minimum absolute atomic E-state index is 0.00807. The van der Waals surface area contributed by atoms with Gasteiger partial charge in [0.25, 0.3) is 0 Å². The van der Waals surface area contributed by atoms with Crippen LogP contribution in [0, 0.1) is 5.92 Å². The van der Waals surface area contributed by atoms with Gasteiger partial charge in [-0.15, -0.1) is 0 Å².